The smallest absolute Gasteiger partial charge is 0.423 e. The number of carbonyl (C=O) groups is 1. The van der Waals surface area contributed by atoms with E-state index in [2.05, 4.69) is 5.32 Å². The molecule has 8 heteroatoms. The fraction of sp³-hybridized carbons (Fsp3) is 0. The molecule has 0 spiro atoms. The van der Waals surface area contributed by atoms with Crippen molar-refractivity contribution in [2.75, 3.05) is 5.32 Å². The lowest BCUT2D eigenvalue weighted by atomic mass is 9.78. The minimum Gasteiger partial charge on any atom is -0.423 e. The van der Waals surface area contributed by atoms with Gasteiger partial charge in [0.2, 0.25) is 0 Å². The standard InChI is InChI=1S/C13H11BN2O5/c17-13(15-10-4-2-1-3-5-10)9-6-7-11(14(18)19)12(8-9)16(20)21/h1-8,18-19H,(H,15,17). The lowest BCUT2D eigenvalue weighted by molar-refractivity contribution is -0.383. The number of hydrogen-bond acceptors (Lipinski definition) is 5. The van der Waals surface area contributed by atoms with Crippen LogP contribution < -0.4 is 10.8 Å². The van der Waals surface area contributed by atoms with Crippen LogP contribution in [0.25, 0.3) is 0 Å². The monoisotopic (exact) mass is 286 g/mol. The second kappa shape index (κ2) is 6.16. The molecule has 3 N–H and O–H groups in total. The molecule has 0 saturated heterocycles. The van der Waals surface area contributed by atoms with Gasteiger partial charge in [-0.15, -0.1) is 0 Å². The van der Waals surface area contributed by atoms with Crippen molar-refractivity contribution in [2.24, 2.45) is 0 Å². The molecule has 0 unspecified atom stereocenters. The maximum Gasteiger partial charge on any atom is 0.495 e. The van der Waals surface area contributed by atoms with Crippen molar-refractivity contribution in [3.63, 3.8) is 0 Å². The van der Waals surface area contributed by atoms with Gasteiger partial charge in [0.05, 0.1) is 10.4 Å². The lowest BCUT2D eigenvalue weighted by Gasteiger charge is -2.07. The van der Waals surface area contributed by atoms with Gasteiger partial charge in [-0.3, -0.25) is 14.9 Å². The van der Waals surface area contributed by atoms with Crippen molar-refractivity contribution in [3.05, 3.63) is 64.2 Å². The maximum absolute atomic E-state index is 12.0. The van der Waals surface area contributed by atoms with E-state index in [0.29, 0.717) is 5.69 Å². The predicted octanol–water partition coefficient (Wildman–Crippen LogP) is 0.527. The minimum absolute atomic E-state index is 0.0509. The Morgan fingerprint density at radius 2 is 1.81 bits per heavy atom. The van der Waals surface area contributed by atoms with E-state index in [1.54, 1.807) is 30.3 Å². The number of anilines is 1. The number of nitrogens with zero attached hydrogens (tertiary/aromatic N) is 1. The summed E-state index contributed by atoms with van der Waals surface area (Å²) in [7, 11) is -1.98. The summed E-state index contributed by atoms with van der Waals surface area (Å²) in [6.07, 6.45) is 0. The number of nitrogens with one attached hydrogen (secondary N) is 1. The van der Waals surface area contributed by atoms with E-state index in [9.17, 15) is 14.9 Å². The first-order valence-corrected chi connectivity index (χ1v) is 6.00. The van der Waals surface area contributed by atoms with Gasteiger partial charge in [-0.2, -0.15) is 0 Å². The number of para-hydroxylation sites is 1. The van der Waals surface area contributed by atoms with Gasteiger partial charge in [0.25, 0.3) is 11.6 Å². The Kier molecular flexibility index (Phi) is 4.31. The molecule has 0 radical (unpaired) electrons. The summed E-state index contributed by atoms with van der Waals surface area (Å²) in [5.41, 5.74) is -0.187. The number of nitro groups is 1. The highest BCUT2D eigenvalue weighted by Crippen LogP contribution is 2.14. The molecule has 0 atom stereocenters. The molecule has 0 fully saturated rings. The van der Waals surface area contributed by atoms with Crippen molar-refractivity contribution in [1.82, 2.24) is 0 Å². The van der Waals surface area contributed by atoms with Gasteiger partial charge < -0.3 is 15.4 Å². The molecule has 2 rings (SSSR count). The van der Waals surface area contributed by atoms with Crippen molar-refractivity contribution >= 4 is 29.9 Å². The Bertz CT molecular complexity index is 676. The fourth-order valence-corrected chi connectivity index (χ4v) is 1.79. The summed E-state index contributed by atoms with van der Waals surface area (Å²) < 4.78 is 0. The van der Waals surface area contributed by atoms with Crippen LogP contribution in [0.2, 0.25) is 0 Å². The highest BCUT2D eigenvalue weighted by Gasteiger charge is 2.25. The molecule has 0 aliphatic carbocycles. The zero-order chi connectivity index (χ0) is 15.4. The Labute approximate surface area is 120 Å². The van der Waals surface area contributed by atoms with Crippen molar-refractivity contribution < 1.29 is 19.8 Å². The SMILES string of the molecule is O=C(Nc1ccccc1)c1ccc(B(O)O)c([N+](=O)[O-])c1. The summed E-state index contributed by atoms with van der Waals surface area (Å²) in [6.45, 7) is 0. The van der Waals surface area contributed by atoms with E-state index in [-0.39, 0.29) is 11.0 Å². The Balaban J connectivity index is 2.30. The molecule has 0 saturated carbocycles. The molecule has 0 aromatic heterocycles. The molecule has 0 bridgehead atoms. The van der Waals surface area contributed by atoms with E-state index in [4.69, 9.17) is 10.0 Å². The van der Waals surface area contributed by atoms with E-state index < -0.39 is 23.6 Å². The Hall–Kier alpha value is -2.71. The third-order valence-corrected chi connectivity index (χ3v) is 2.80. The van der Waals surface area contributed by atoms with Gasteiger partial charge in [-0.25, -0.2) is 0 Å². The summed E-state index contributed by atoms with van der Waals surface area (Å²) in [4.78, 5) is 22.2. The van der Waals surface area contributed by atoms with E-state index >= 15 is 0 Å². The van der Waals surface area contributed by atoms with Crippen molar-refractivity contribution in [1.29, 1.82) is 0 Å². The molecular formula is C13H11BN2O5. The Morgan fingerprint density at radius 1 is 1.14 bits per heavy atom. The van der Waals surface area contributed by atoms with Crippen LogP contribution in [0.5, 0.6) is 0 Å². The van der Waals surface area contributed by atoms with Crippen molar-refractivity contribution in [3.8, 4) is 0 Å². The first-order valence-electron chi connectivity index (χ1n) is 6.00. The molecule has 0 heterocycles. The second-order valence-electron chi connectivity index (χ2n) is 4.22. The van der Waals surface area contributed by atoms with Crippen LogP contribution in [0.3, 0.4) is 0 Å². The number of rotatable bonds is 4. The topological polar surface area (TPSA) is 113 Å². The van der Waals surface area contributed by atoms with Crippen LogP contribution in [0.1, 0.15) is 10.4 Å². The molecule has 0 aliphatic rings. The first kappa shape index (κ1) is 14.7. The third-order valence-electron chi connectivity index (χ3n) is 2.80. The number of amides is 1. The third kappa shape index (κ3) is 3.44. The van der Waals surface area contributed by atoms with Crippen LogP contribution >= 0.6 is 0 Å². The predicted molar refractivity (Wildman–Crippen MR) is 77.3 cm³/mol. The van der Waals surface area contributed by atoms with Crippen molar-refractivity contribution in [2.45, 2.75) is 0 Å². The number of nitro benzene ring substituents is 1. The van der Waals surface area contributed by atoms with Gasteiger partial charge in [0, 0.05) is 17.3 Å². The average molecular weight is 286 g/mol. The van der Waals surface area contributed by atoms with Crippen LogP contribution in [0, 0.1) is 10.1 Å². The molecule has 21 heavy (non-hydrogen) atoms. The minimum atomic E-state index is -1.98. The molecule has 0 aliphatic heterocycles. The number of benzene rings is 2. The summed E-state index contributed by atoms with van der Waals surface area (Å²) >= 11 is 0. The molecule has 2 aromatic carbocycles. The van der Waals surface area contributed by atoms with Gasteiger partial charge in [-0.1, -0.05) is 24.3 Å². The molecule has 1 amide bonds. The molecular weight excluding hydrogens is 275 g/mol. The molecule has 2 aromatic rings. The quantitative estimate of drug-likeness (QED) is 0.431. The zero-order valence-corrected chi connectivity index (χ0v) is 10.8. The highest BCUT2D eigenvalue weighted by molar-refractivity contribution is 6.60. The van der Waals surface area contributed by atoms with E-state index in [1.165, 1.54) is 6.07 Å². The highest BCUT2D eigenvalue weighted by atomic mass is 16.6. The van der Waals surface area contributed by atoms with Crippen LogP contribution in [0.15, 0.2) is 48.5 Å². The second-order valence-corrected chi connectivity index (χ2v) is 4.22. The largest absolute Gasteiger partial charge is 0.495 e. The number of carbonyl (C=O) groups excluding carboxylic acids is 1. The molecule has 7 nitrogen and oxygen atoms in total. The first-order chi connectivity index (χ1) is 9.99. The van der Waals surface area contributed by atoms with Crippen LogP contribution in [-0.2, 0) is 0 Å². The van der Waals surface area contributed by atoms with Gasteiger partial charge in [-0.05, 0) is 18.2 Å². The van der Waals surface area contributed by atoms with Gasteiger partial charge >= 0.3 is 7.12 Å². The lowest BCUT2D eigenvalue weighted by Crippen LogP contribution is -2.32. The van der Waals surface area contributed by atoms with Crippen LogP contribution in [0.4, 0.5) is 11.4 Å². The van der Waals surface area contributed by atoms with E-state index in [0.717, 1.165) is 12.1 Å². The zero-order valence-electron chi connectivity index (χ0n) is 10.8. The maximum atomic E-state index is 12.0. The summed E-state index contributed by atoms with van der Waals surface area (Å²) in [5.74, 6) is -0.525. The fourth-order valence-electron chi connectivity index (χ4n) is 1.79. The number of hydrogen-bond donors (Lipinski definition) is 3. The average Bonchev–Trinajstić information content (AvgIpc) is 2.47. The van der Waals surface area contributed by atoms with Gasteiger partial charge in [0.1, 0.15) is 0 Å². The van der Waals surface area contributed by atoms with Gasteiger partial charge in [0.15, 0.2) is 0 Å². The normalized spacial score (nSPS) is 10.0. The van der Waals surface area contributed by atoms with Crippen LogP contribution in [-0.4, -0.2) is 28.0 Å². The Morgan fingerprint density at radius 3 is 2.38 bits per heavy atom. The summed E-state index contributed by atoms with van der Waals surface area (Å²) in [5, 5.41) is 31.6. The molecule has 106 valence electrons. The summed E-state index contributed by atoms with van der Waals surface area (Å²) in [6, 6.07) is 12.1. The van der Waals surface area contributed by atoms with E-state index in [1.807, 2.05) is 0 Å².